The van der Waals surface area contributed by atoms with Crippen LogP contribution in [0.2, 0.25) is 0 Å². The van der Waals surface area contributed by atoms with Gasteiger partial charge in [0.25, 0.3) is 0 Å². The van der Waals surface area contributed by atoms with Gasteiger partial charge >= 0.3 is 5.97 Å². The first-order valence-electron chi connectivity index (χ1n) is 7.29. The molecule has 5 atom stereocenters. The van der Waals surface area contributed by atoms with Crippen LogP contribution in [0.4, 0.5) is 0 Å². The third-order valence-electron chi connectivity index (χ3n) is 4.07. The van der Waals surface area contributed by atoms with E-state index in [1.165, 1.54) is 6.92 Å². The van der Waals surface area contributed by atoms with Crippen molar-refractivity contribution in [1.82, 2.24) is 5.32 Å². The lowest BCUT2D eigenvalue weighted by molar-refractivity contribution is -0.184. The first-order valence-corrected chi connectivity index (χ1v) is 7.29. The summed E-state index contributed by atoms with van der Waals surface area (Å²) < 4.78 is 22.9. The number of hydrogen-bond acceptors (Lipinski definition) is 6. The molecule has 0 spiro atoms. The van der Waals surface area contributed by atoms with Crippen LogP contribution in [0.15, 0.2) is 0 Å². The zero-order valence-electron chi connectivity index (χ0n) is 12.5. The van der Waals surface area contributed by atoms with Crippen molar-refractivity contribution in [2.24, 2.45) is 0 Å². The van der Waals surface area contributed by atoms with Crippen LogP contribution in [0.1, 0.15) is 33.6 Å². The van der Waals surface area contributed by atoms with Crippen LogP contribution < -0.4 is 5.32 Å². The van der Waals surface area contributed by atoms with Gasteiger partial charge in [0.2, 0.25) is 5.91 Å². The largest absolute Gasteiger partial charge is 0.463 e. The normalized spacial score (nSPS) is 40.9. The quantitative estimate of drug-likeness (QED) is 0.729. The van der Waals surface area contributed by atoms with Gasteiger partial charge in [0, 0.05) is 13.3 Å². The summed E-state index contributed by atoms with van der Waals surface area (Å²) in [5.41, 5.74) is 0. The smallest absolute Gasteiger partial charge is 0.302 e. The Hall–Kier alpha value is -1.18. The van der Waals surface area contributed by atoms with Gasteiger partial charge in [0.05, 0.1) is 12.1 Å². The second-order valence-corrected chi connectivity index (χ2v) is 6.21. The number of carbonyl (C=O) groups excluding carboxylic acids is 2. The predicted molar refractivity (Wildman–Crippen MR) is 70.3 cm³/mol. The maximum Gasteiger partial charge on any atom is 0.302 e. The van der Waals surface area contributed by atoms with E-state index >= 15 is 0 Å². The van der Waals surface area contributed by atoms with Crippen LogP contribution >= 0.6 is 0 Å². The summed E-state index contributed by atoms with van der Waals surface area (Å²) in [6, 6.07) is -0.216. The lowest BCUT2D eigenvalue weighted by atomic mass is 9.88. The van der Waals surface area contributed by atoms with Crippen molar-refractivity contribution in [2.45, 2.75) is 69.9 Å². The van der Waals surface area contributed by atoms with Crippen LogP contribution in [-0.4, -0.2) is 54.7 Å². The van der Waals surface area contributed by atoms with Gasteiger partial charge in [-0.1, -0.05) is 0 Å². The van der Waals surface area contributed by atoms with Crippen molar-refractivity contribution in [3.63, 3.8) is 0 Å². The Balaban J connectivity index is 1.79. The molecule has 0 aromatic rings. The number of nitrogens with one attached hydrogen (secondary N) is 1. The highest BCUT2D eigenvalue weighted by atomic mass is 16.8. The molecule has 1 N–H and O–H groups in total. The van der Waals surface area contributed by atoms with Crippen LogP contribution in [0, 0.1) is 0 Å². The zero-order chi connectivity index (χ0) is 15.2. The summed E-state index contributed by atoms with van der Waals surface area (Å²) in [7, 11) is 0. The van der Waals surface area contributed by atoms with Crippen molar-refractivity contribution >= 4 is 11.9 Å². The first kappa shape index (κ1) is 14.7. The van der Waals surface area contributed by atoms with E-state index in [4.69, 9.17) is 18.9 Å². The van der Waals surface area contributed by atoms with Gasteiger partial charge in [-0.2, -0.15) is 0 Å². The molecular weight excluding hydrogens is 278 g/mol. The molecule has 0 aromatic heterocycles. The van der Waals surface area contributed by atoms with Gasteiger partial charge in [-0.15, -0.1) is 0 Å². The Bertz CT molecular complexity index is 451. The summed E-state index contributed by atoms with van der Waals surface area (Å²) in [6.45, 7) is 5.15. The maximum absolute atomic E-state index is 11.6. The molecule has 7 nitrogen and oxygen atoms in total. The Kier molecular flexibility index (Phi) is 3.67. The second kappa shape index (κ2) is 5.23. The highest BCUT2D eigenvalue weighted by Gasteiger charge is 2.56. The fraction of sp³-hybridized carbons (Fsp3) is 0.857. The molecule has 3 saturated heterocycles. The minimum absolute atomic E-state index is 0.00495. The van der Waals surface area contributed by atoms with E-state index in [1.807, 2.05) is 13.8 Å². The summed E-state index contributed by atoms with van der Waals surface area (Å²) in [5, 5.41) is 2.94. The molecule has 3 heterocycles. The first-order chi connectivity index (χ1) is 9.85. The van der Waals surface area contributed by atoms with Crippen molar-refractivity contribution in [3.05, 3.63) is 0 Å². The zero-order valence-corrected chi connectivity index (χ0v) is 12.5. The van der Waals surface area contributed by atoms with Crippen molar-refractivity contribution < 1.29 is 28.5 Å². The van der Waals surface area contributed by atoms with Crippen LogP contribution in [-0.2, 0) is 28.5 Å². The monoisotopic (exact) mass is 299 g/mol. The minimum atomic E-state index is -0.746. The number of esters is 1. The average molecular weight is 299 g/mol. The van der Waals surface area contributed by atoms with Gasteiger partial charge in [0.15, 0.2) is 5.79 Å². The lowest BCUT2D eigenvalue weighted by Gasteiger charge is -2.44. The molecule has 118 valence electrons. The molecule has 21 heavy (non-hydrogen) atoms. The topological polar surface area (TPSA) is 83.1 Å². The molecule has 3 aliphatic rings. The van der Waals surface area contributed by atoms with Crippen LogP contribution in [0.3, 0.4) is 0 Å². The van der Waals surface area contributed by atoms with Gasteiger partial charge in [-0.3, -0.25) is 9.59 Å². The van der Waals surface area contributed by atoms with Gasteiger partial charge in [0.1, 0.15) is 24.9 Å². The van der Waals surface area contributed by atoms with E-state index in [0.717, 1.165) is 0 Å². The number of fused-ring (bicyclic) bond motifs is 3. The highest BCUT2D eigenvalue weighted by molar-refractivity contribution is 5.77. The second-order valence-electron chi connectivity index (χ2n) is 6.21. The Morgan fingerprint density at radius 2 is 2.10 bits per heavy atom. The van der Waals surface area contributed by atoms with Gasteiger partial charge in [-0.05, 0) is 20.3 Å². The molecule has 3 fully saturated rings. The predicted octanol–water partition coefficient (Wildman–Crippen LogP) is 0.116. The van der Waals surface area contributed by atoms with E-state index in [1.54, 1.807) is 0 Å². The fourth-order valence-corrected chi connectivity index (χ4v) is 3.27. The summed E-state index contributed by atoms with van der Waals surface area (Å²) in [6.07, 6.45) is -0.0927. The third-order valence-corrected chi connectivity index (χ3v) is 4.07. The van der Waals surface area contributed by atoms with Crippen molar-refractivity contribution in [1.29, 1.82) is 0 Å². The van der Waals surface area contributed by atoms with Crippen molar-refractivity contribution in [3.8, 4) is 0 Å². The molecule has 1 amide bonds. The van der Waals surface area contributed by atoms with E-state index in [9.17, 15) is 9.59 Å². The Labute approximate surface area is 123 Å². The van der Waals surface area contributed by atoms with Gasteiger partial charge in [-0.25, -0.2) is 0 Å². The Morgan fingerprint density at radius 1 is 1.38 bits per heavy atom. The molecule has 0 aromatic carbocycles. The van der Waals surface area contributed by atoms with Gasteiger partial charge < -0.3 is 24.3 Å². The number of amides is 1. The SMILES string of the molecule is CC(=O)OCC1O[C@@H]2CCC(=O)NC2[C@H]2OC(C)(C)O[C@@H]12. The number of carbonyl (C=O) groups is 2. The maximum atomic E-state index is 11.6. The van der Waals surface area contributed by atoms with Crippen LogP contribution in [0.5, 0.6) is 0 Å². The number of hydrogen-bond donors (Lipinski definition) is 1. The van der Waals surface area contributed by atoms with Crippen LogP contribution in [0.25, 0.3) is 0 Å². The Morgan fingerprint density at radius 3 is 2.81 bits per heavy atom. The third kappa shape index (κ3) is 2.90. The minimum Gasteiger partial charge on any atom is -0.463 e. The van der Waals surface area contributed by atoms with E-state index in [-0.39, 0.29) is 48.9 Å². The summed E-state index contributed by atoms with van der Waals surface area (Å²) >= 11 is 0. The van der Waals surface area contributed by atoms with E-state index < -0.39 is 5.79 Å². The molecule has 0 aliphatic carbocycles. The number of piperidine rings is 1. The fourth-order valence-electron chi connectivity index (χ4n) is 3.27. The molecule has 3 aliphatic heterocycles. The van der Waals surface area contributed by atoms with E-state index in [0.29, 0.717) is 12.8 Å². The molecule has 7 heteroatoms. The summed E-state index contributed by atoms with van der Waals surface area (Å²) in [5.74, 6) is -1.10. The molecule has 2 unspecified atom stereocenters. The average Bonchev–Trinajstić information content (AvgIpc) is 2.72. The highest BCUT2D eigenvalue weighted by Crippen LogP contribution is 2.39. The molecule has 3 rings (SSSR count). The van der Waals surface area contributed by atoms with Crippen molar-refractivity contribution in [2.75, 3.05) is 6.61 Å². The molecular formula is C14H21NO6. The molecule has 0 saturated carbocycles. The molecule has 0 bridgehead atoms. The number of rotatable bonds is 2. The molecule has 0 radical (unpaired) electrons. The standard InChI is InChI=1S/C14H21NO6/c1-7(16)18-6-9-12-13(21-14(2,3)20-12)11-8(19-9)4-5-10(17)15-11/h8-9,11-13H,4-6H2,1-3H3,(H,15,17)/t8-,9?,11?,12+,13-/m1/s1. The summed E-state index contributed by atoms with van der Waals surface area (Å²) in [4.78, 5) is 22.7. The lowest BCUT2D eigenvalue weighted by Crippen LogP contribution is -2.65. The van der Waals surface area contributed by atoms with E-state index in [2.05, 4.69) is 5.32 Å². The number of ether oxygens (including phenoxy) is 4.